The summed E-state index contributed by atoms with van der Waals surface area (Å²) < 4.78 is 46.9. The molecule has 4 atom stereocenters. The monoisotopic (exact) mass is 562 g/mol. The molecule has 3 rings (SSSR count). The first kappa shape index (κ1) is 30.4. The molecule has 1 fully saturated rings. The van der Waals surface area contributed by atoms with Gasteiger partial charge in [-0.1, -0.05) is 62.2 Å². The van der Waals surface area contributed by atoms with E-state index >= 15 is 4.39 Å². The van der Waals surface area contributed by atoms with Crippen LogP contribution in [0.3, 0.4) is 0 Å². The maximum atomic E-state index is 15.2. The Morgan fingerprint density at radius 3 is 2.08 bits per heavy atom. The van der Waals surface area contributed by atoms with Crippen molar-refractivity contribution in [2.45, 2.75) is 56.8 Å². The second-order valence-corrected chi connectivity index (χ2v) is 10.6. The highest BCUT2D eigenvalue weighted by atomic mass is 35.5. The van der Waals surface area contributed by atoms with Crippen LogP contribution in [-0.4, -0.2) is 40.4 Å². The second-order valence-electron chi connectivity index (χ2n) is 9.74. The van der Waals surface area contributed by atoms with Gasteiger partial charge in [-0.15, -0.1) is 0 Å². The lowest BCUT2D eigenvalue weighted by atomic mass is 9.63. The molecule has 1 saturated heterocycles. The third-order valence-electron chi connectivity index (χ3n) is 5.85. The van der Waals surface area contributed by atoms with Gasteiger partial charge in [0.2, 0.25) is 0 Å². The topological polar surface area (TPSA) is 110 Å². The Labute approximate surface area is 220 Å². The predicted molar refractivity (Wildman–Crippen MR) is 129 cm³/mol. The van der Waals surface area contributed by atoms with Gasteiger partial charge >= 0.3 is 18.1 Å². The van der Waals surface area contributed by atoms with E-state index in [4.69, 9.17) is 33.1 Å². The minimum absolute atomic E-state index is 0.130. The molecule has 0 aliphatic carbocycles. The number of hydrogen-bond acceptors (Lipinski definition) is 4. The standard InChI is InChI=1S/C23H23Cl2FN2O2.C2HF3O2/c1-22(2,3)11-18-23(12-27,16-8-7-15(25)10-17(16)26)19(20(28-18)21(29)30)13-5-4-6-14(24)9-13;3-2(4,5)1(6)7/h4-10,18-20,28H,11H2,1-3H3,(H,29,30);(H,6,7). The SMILES string of the molecule is CC(C)(C)CC1NC(C(=O)O)C(c2cccc(Cl)c2)C1(C#N)c1ccc(Cl)cc1F.O=C(O)C(F)(F)F. The van der Waals surface area contributed by atoms with Crippen molar-refractivity contribution in [2.75, 3.05) is 0 Å². The van der Waals surface area contributed by atoms with Crippen LogP contribution in [0.5, 0.6) is 0 Å². The molecule has 0 aromatic heterocycles. The number of rotatable bonds is 4. The first-order chi connectivity index (χ1) is 16.9. The zero-order valence-electron chi connectivity index (χ0n) is 19.9. The van der Waals surface area contributed by atoms with Crippen LogP contribution in [0.2, 0.25) is 10.0 Å². The molecule has 0 amide bonds. The molecule has 0 saturated carbocycles. The maximum Gasteiger partial charge on any atom is 0.490 e. The number of aliphatic carboxylic acids is 2. The van der Waals surface area contributed by atoms with Gasteiger partial charge in [-0.05, 0) is 41.7 Å². The quantitative estimate of drug-likeness (QED) is 0.384. The number of nitrogens with one attached hydrogen (secondary N) is 1. The molecule has 2 aromatic carbocycles. The van der Waals surface area contributed by atoms with Gasteiger partial charge in [0.25, 0.3) is 0 Å². The molecule has 4 unspecified atom stereocenters. The third kappa shape index (κ3) is 6.92. The molecule has 1 aliphatic rings. The number of benzene rings is 2. The largest absolute Gasteiger partial charge is 0.490 e. The highest BCUT2D eigenvalue weighted by Crippen LogP contribution is 2.52. The Morgan fingerprint density at radius 2 is 1.65 bits per heavy atom. The van der Waals surface area contributed by atoms with E-state index in [2.05, 4.69) is 11.4 Å². The number of nitrogens with zero attached hydrogens (tertiary/aromatic N) is 1. The van der Waals surface area contributed by atoms with Crippen molar-refractivity contribution >= 4 is 35.1 Å². The summed E-state index contributed by atoms with van der Waals surface area (Å²) in [5.74, 6) is -5.36. The molecule has 3 N–H and O–H groups in total. The zero-order valence-corrected chi connectivity index (χ0v) is 21.4. The van der Waals surface area contributed by atoms with Gasteiger partial charge < -0.3 is 10.2 Å². The van der Waals surface area contributed by atoms with Gasteiger partial charge in [-0.25, -0.2) is 9.18 Å². The Hall–Kier alpha value is -2.87. The molecular formula is C25H24Cl2F4N2O4. The van der Waals surface area contributed by atoms with E-state index in [0.717, 1.165) is 6.07 Å². The molecule has 37 heavy (non-hydrogen) atoms. The van der Waals surface area contributed by atoms with Gasteiger partial charge in [-0.3, -0.25) is 10.1 Å². The van der Waals surface area contributed by atoms with Crippen molar-refractivity contribution in [3.63, 3.8) is 0 Å². The van der Waals surface area contributed by atoms with E-state index in [-0.39, 0.29) is 16.0 Å². The van der Waals surface area contributed by atoms with Crippen LogP contribution in [0.15, 0.2) is 42.5 Å². The van der Waals surface area contributed by atoms with Gasteiger partial charge in [0.05, 0.1) is 6.07 Å². The minimum Gasteiger partial charge on any atom is -0.480 e. The van der Waals surface area contributed by atoms with Crippen molar-refractivity contribution in [3.8, 4) is 6.07 Å². The Morgan fingerprint density at radius 1 is 1.08 bits per heavy atom. The van der Waals surface area contributed by atoms with Crippen LogP contribution in [0.4, 0.5) is 17.6 Å². The van der Waals surface area contributed by atoms with Crippen molar-refractivity contribution in [1.82, 2.24) is 5.32 Å². The average Bonchev–Trinajstić information content (AvgIpc) is 3.07. The normalized spacial score (nSPS) is 23.5. The van der Waals surface area contributed by atoms with Crippen LogP contribution in [0.1, 0.15) is 44.2 Å². The van der Waals surface area contributed by atoms with Crippen LogP contribution in [0, 0.1) is 22.6 Å². The van der Waals surface area contributed by atoms with Crippen molar-refractivity contribution in [2.24, 2.45) is 5.41 Å². The fourth-order valence-electron chi connectivity index (χ4n) is 4.51. The van der Waals surface area contributed by atoms with E-state index in [9.17, 15) is 28.3 Å². The van der Waals surface area contributed by atoms with Crippen LogP contribution in [0.25, 0.3) is 0 Å². The van der Waals surface area contributed by atoms with Crippen molar-refractivity contribution in [3.05, 3.63) is 69.5 Å². The summed E-state index contributed by atoms with van der Waals surface area (Å²) in [5, 5.41) is 31.4. The summed E-state index contributed by atoms with van der Waals surface area (Å²) >= 11 is 12.1. The summed E-state index contributed by atoms with van der Waals surface area (Å²) in [5.41, 5.74) is -1.02. The van der Waals surface area contributed by atoms with Crippen LogP contribution in [-0.2, 0) is 15.0 Å². The van der Waals surface area contributed by atoms with Gasteiger partial charge in [0, 0.05) is 27.6 Å². The number of nitriles is 1. The number of halogens is 6. The number of carboxylic acids is 2. The molecule has 0 spiro atoms. The van der Waals surface area contributed by atoms with Gasteiger partial charge in [-0.2, -0.15) is 18.4 Å². The summed E-state index contributed by atoms with van der Waals surface area (Å²) in [7, 11) is 0. The van der Waals surface area contributed by atoms with Crippen molar-refractivity contribution in [1.29, 1.82) is 5.26 Å². The highest BCUT2D eigenvalue weighted by molar-refractivity contribution is 6.30. The van der Waals surface area contributed by atoms with Crippen molar-refractivity contribution < 1.29 is 37.4 Å². The first-order valence-corrected chi connectivity index (χ1v) is 11.6. The first-order valence-electron chi connectivity index (χ1n) is 10.8. The lowest BCUT2D eigenvalue weighted by Gasteiger charge is -2.37. The molecule has 0 bridgehead atoms. The third-order valence-corrected chi connectivity index (χ3v) is 6.32. The highest BCUT2D eigenvalue weighted by Gasteiger charge is 2.60. The Balaban J connectivity index is 0.000000604. The lowest BCUT2D eigenvalue weighted by Crippen LogP contribution is -2.44. The summed E-state index contributed by atoms with van der Waals surface area (Å²) in [6, 6.07) is 11.5. The number of carbonyl (C=O) groups is 2. The molecule has 1 aliphatic heterocycles. The average molecular weight is 563 g/mol. The van der Waals surface area contributed by atoms with E-state index < -0.39 is 47.3 Å². The molecule has 12 heteroatoms. The number of alkyl halides is 3. The van der Waals surface area contributed by atoms with Crippen LogP contribution >= 0.6 is 23.2 Å². The van der Waals surface area contributed by atoms with E-state index in [1.54, 1.807) is 24.3 Å². The van der Waals surface area contributed by atoms with E-state index in [0.29, 0.717) is 17.0 Å². The minimum atomic E-state index is -5.08. The van der Waals surface area contributed by atoms with Gasteiger partial charge in [0.1, 0.15) is 17.3 Å². The Bertz CT molecular complexity index is 1210. The molecule has 200 valence electrons. The molecular weight excluding hydrogens is 539 g/mol. The molecule has 2 aromatic rings. The summed E-state index contributed by atoms with van der Waals surface area (Å²) in [4.78, 5) is 21.1. The zero-order chi connectivity index (χ0) is 28.3. The Kier molecular flexibility index (Phi) is 9.23. The molecule has 0 radical (unpaired) electrons. The van der Waals surface area contributed by atoms with E-state index in [1.165, 1.54) is 12.1 Å². The van der Waals surface area contributed by atoms with Gasteiger partial charge in [0.15, 0.2) is 0 Å². The fourth-order valence-corrected chi connectivity index (χ4v) is 4.87. The smallest absolute Gasteiger partial charge is 0.480 e. The number of carboxylic acid groups (broad SMARTS) is 2. The lowest BCUT2D eigenvalue weighted by molar-refractivity contribution is -0.192. The number of hydrogen-bond donors (Lipinski definition) is 3. The van der Waals surface area contributed by atoms with Crippen LogP contribution < -0.4 is 5.32 Å². The maximum absolute atomic E-state index is 15.2. The van der Waals surface area contributed by atoms with E-state index in [1.807, 2.05) is 20.8 Å². The predicted octanol–water partition coefficient (Wildman–Crippen LogP) is 6.17. The molecule has 6 nitrogen and oxygen atoms in total. The second kappa shape index (κ2) is 11.3. The fraction of sp³-hybridized carbons (Fsp3) is 0.400. The summed E-state index contributed by atoms with van der Waals surface area (Å²) in [6.45, 7) is 5.99. The summed E-state index contributed by atoms with van der Waals surface area (Å²) in [6.07, 6.45) is -4.62. The molecule has 1 heterocycles.